The fourth-order valence-corrected chi connectivity index (χ4v) is 1.31. The standard InChI is InChI=1S/C6H13NO3S/c1-6(7-8)4-3-5-11(2,9)10/h8H,3-5H2,1-2H3/b7-6-. The van der Waals surface area contributed by atoms with Crippen molar-refractivity contribution >= 4 is 15.5 Å². The maximum absolute atomic E-state index is 10.6. The molecule has 0 aromatic heterocycles. The molecule has 4 nitrogen and oxygen atoms in total. The van der Waals surface area contributed by atoms with Crippen molar-refractivity contribution in [2.24, 2.45) is 5.16 Å². The number of nitrogens with zero attached hydrogens (tertiary/aromatic N) is 1. The van der Waals surface area contributed by atoms with Gasteiger partial charge >= 0.3 is 0 Å². The van der Waals surface area contributed by atoms with Crippen molar-refractivity contribution in [1.29, 1.82) is 0 Å². The van der Waals surface area contributed by atoms with Crippen LogP contribution in [0.15, 0.2) is 5.16 Å². The topological polar surface area (TPSA) is 66.7 Å². The monoisotopic (exact) mass is 179 g/mol. The molecule has 0 bridgehead atoms. The SMILES string of the molecule is C/C(CCCS(C)(=O)=O)=N/O. The van der Waals surface area contributed by atoms with E-state index in [0.29, 0.717) is 18.6 Å². The number of rotatable bonds is 4. The van der Waals surface area contributed by atoms with Crippen LogP contribution in [-0.2, 0) is 9.84 Å². The lowest BCUT2D eigenvalue weighted by Crippen LogP contribution is -2.04. The first-order valence-corrected chi connectivity index (χ1v) is 5.37. The van der Waals surface area contributed by atoms with Crippen LogP contribution in [0.5, 0.6) is 0 Å². The summed E-state index contributed by atoms with van der Waals surface area (Å²) in [5.41, 5.74) is 0.564. The Bertz CT molecular complexity index is 230. The smallest absolute Gasteiger partial charge is 0.147 e. The van der Waals surface area contributed by atoms with Crippen LogP contribution in [0, 0.1) is 0 Å². The van der Waals surface area contributed by atoms with E-state index < -0.39 is 9.84 Å². The Kier molecular flexibility index (Phi) is 4.10. The van der Waals surface area contributed by atoms with Gasteiger partial charge in [-0.2, -0.15) is 0 Å². The third-order valence-corrected chi connectivity index (χ3v) is 2.25. The molecular weight excluding hydrogens is 166 g/mol. The van der Waals surface area contributed by atoms with Crippen LogP contribution >= 0.6 is 0 Å². The second-order valence-electron chi connectivity index (χ2n) is 2.57. The number of sulfone groups is 1. The van der Waals surface area contributed by atoms with E-state index in [-0.39, 0.29) is 5.75 Å². The van der Waals surface area contributed by atoms with Crippen molar-refractivity contribution in [3.8, 4) is 0 Å². The zero-order valence-electron chi connectivity index (χ0n) is 6.74. The molecule has 0 rings (SSSR count). The highest BCUT2D eigenvalue weighted by Crippen LogP contribution is 1.95. The Hall–Kier alpha value is -0.580. The summed E-state index contributed by atoms with van der Waals surface area (Å²) < 4.78 is 21.2. The van der Waals surface area contributed by atoms with Gasteiger partial charge in [0.15, 0.2) is 0 Å². The lowest BCUT2D eigenvalue weighted by atomic mass is 10.2. The fourth-order valence-electron chi connectivity index (χ4n) is 0.640. The van der Waals surface area contributed by atoms with E-state index in [2.05, 4.69) is 5.16 Å². The molecule has 0 spiro atoms. The molecule has 0 aliphatic rings. The molecule has 0 aromatic carbocycles. The molecule has 0 aromatic rings. The zero-order chi connectivity index (χ0) is 8.91. The summed E-state index contributed by atoms with van der Waals surface area (Å²) in [4.78, 5) is 0. The van der Waals surface area contributed by atoms with Gasteiger partial charge in [0.05, 0.1) is 11.5 Å². The normalized spacial score (nSPS) is 13.5. The molecule has 0 saturated heterocycles. The van der Waals surface area contributed by atoms with E-state index in [4.69, 9.17) is 5.21 Å². The Morgan fingerprint density at radius 2 is 2.09 bits per heavy atom. The van der Waals surface area contributed by atoms with Crippen LogP contribution in [0.3, 0.4) is 0 Å². The third kappa shape index (κ3) is 7.32. The average molecular weight is 179 g/mol. The van der Waals surface area contributed by atoms with Crippen LogP contribution in [0.25, 0.3) is 0 Å². The van der Waals surface area contributed by atoms with Gasteiger partial charge in [0.25, 0.3) is 0 Å². The van der Waals surface area contributed by atoms with Gasteiger partial charge in [0, 0.05) is 6.26 Å². The predicted molar refractivity (Wildman–Crippen MR) is 43.8 cm³/mol. The van der Waals surface area contributed by atoms with E-state index in [9.17, 15) is 8.42 Å². The molecule has 0 aliphatic carbocycles. The lowest BCUT2D eigenvalue weighted by Gasteiger charge is -1.96. The van der Waals surface area contributed by atoms with Crippen molar-refractivity contribution in [1.82, 2.24) is 0 Å². The van der Waals surface area contributed by atoms with Gasteiger partial charge in [-0.15, -0.1) is 0 Å². The predicted octanol–water partition coefficient (Wildman–Crippen LogP) is 0.661. The quantitative estimate of drug-likeness (QED) is 0.391. The summed E-state index contributed by atoms with van der Waals surface area (Å²) >= 11 is 0. The minimum Gasteiger partial charge on any atom is -0.411 e. The molecule has 0 saturated carbocycles. The molecule has 1 N–H and O–H groups in total. The van der Waals surface area contributed by atoms with Gasteiger partial charge in [-0.1, -0.05) is 5.16 Å². The van der Waals surface area contributed by atoms with Crippen LogP contribution in [-0.4, -0.2) is 31.3 Å². The van der Waals surface area contributed by atoms with Gasteiger partial charge in [0.1, 0.15) is 9.84 Å². The van der Waals surface area contributed by atoms with E-state index in [1.807, 2.05) is 0 Å². The molecule has 66 valence electrons. The number of oxime groups is 1. The van der Waals surface area contributed by atoms with E-state index >= 15 is 0 Å². The average Bonchev–Trinajstić information content (AvgIpc) is 1.85. The zero-order valence-corrected chi connectivity index (χ0v) is 7.56. The maximum atomic E-state index is 10.6. The molecule has 0 fully saturated rings. The minimum absolute atomic E-state index is 0.153. The van der Waals surface area contributed by atoms with E-state index in [1.54, 1.807) is 6.92 Å². The van der Waals surface area contributed by atoms with Crippen LogP contribution < -0.4 is 0 Å². The summed E-state index contributed by atoms with van der Waals surface area (Å²) in [6.45, 7) is 1.66. The van der Waals surface area contributed by atoms with Crippen LogP contribution in [0.2, 0.25) is 0 Å². The van der Waals surface area contributed by atoms with E-state index in [0.717, 1.165) is 0 Å². The van der Waals surface area contributed by atoms with Gasteiger partial charge in [-0.25, -0.2) is 8.42 Å². The van der Waals surface area contributed by atoms with Crippen molar-refractivity contribution in [2.45, 2.75) is 19.8 Å². The summed E-state index contributed by atoms with van der Waals surface area (Å²) in [5, 5.41) is 11.1. The second-order valence-corrected chi connectivity index (χ2v) is 4.83. The molecular formula is C6H13NO3S. The van der Waals surface area contributed by atoms with E-state index in [1.165, 1.54) is 6.26 Å². The lowest BCUT2D eigenvalue weighted by molar-refractivity contribution is 0.317. The van der Waals surface area contributed by atoms with Crippen molar-refractivity contribution in [3.63, 3.8) is 0 Å². The largest absolute Gasteiger partial charge is 0.411 e. The molecule has 5 heteroatoms. The van der Waals surface area contributed by atoms with Gasteiger partial charge in [-0.05, 0) is 19.8 Å². The highest BCUT2D eigenvalue weighted by molar-refractivity contribution is 7.90. The first-order valence-electron chi connectivity index (χ1n) is 3.31. The number of hydrogen-bond acceptors (Lipinski definition) is 4. The second kappa shape index (κ2) is 4.33. The van der Waals surface area contributed by atoms with Crippen LogP contribution in [0.1, 0.15) is 19.8 Å². The van der Waals surface area contributed by atoms with Gasteiger partial charge < -0.3 is 5.21 Å². The molecule has 0 amide bonds. The van der Waals surface area contributed by atoms with Crippen molar-refractivity contribution in [2.75, 3.05) is 12.0 Å². The Morgan fingerprint density at radius 1 is 1.55 bits per heavy atom. The highest BCUT2D eigenvalue weighted by Gasteiger charge is 2.01. The minimum atomic E-state index is -2.86. The van der Waals surface area contributed by atoms with Crippen molar-refractivity contribution in [3.05, 3.63) is 0 Å². The first kappa shape index (κ1) is 10.4. The summed E-state index contributed by atoms with van der Waals surface area (Å²) in [6.07, 6.45) is 2.25. The maximum Gasteiger partial charge on any atom is 0.147 e. The van der Waals surface area contributed by atoms with Crippen LogP contribution in [0.4, 0.5) is 0 Å². The molecule has 0 aliphatic heterocycles. The first-order chi connectivity index (χ1) is 4.95. The fraction of sp³-hybridized carbons (Fsp3) is 0.833. The summed E-state index contributed by atoms with van der Waals surface area (Å²) in [7, 11) is -2.86. The Morgan fingerprint density at radius 3 is 2.45 bits per heavy atom. The third-order valence-electron chi connectivity index (χ3n) is 1.22. The molecule has 0 heterocycles. The Balaban J connectivity index is 3.60. The number of hydrogen-bond donors (Lipinski definition) is 1. The summed E-state index contributed by atoms with van der Waals surface area (Å²) in [6, 6.07) is 0. The van der Waals surface area contributed by atoms with Gasteiger partial charge in [-0.3, -0.25) is 0 Å². The molecule has 0 unspecified atom stereocenters. The summed E-state index contributed by atoms with van der Waals surface area (Å²) in [5.74, 6) is 0.153. The Labute approximate surface area is 66.8 Å². The highest BCUT2D eigenvalue weighted by atomic mass is 32.2. The molecule has 11 heavy (non-hydrogen) atoms. The van der Waals surface area contributed by atoms with Crippen molar-refractivity contribution < 1.29 is 13.6 Å². The van der Waals surface area contributed by atoms with Gasteiger partial charge in [0.2, 0.25) is 0 Å². The molecule has 0 radical (unpaired) electrons. The molecule has 0 atom stereocenters.